The van der Waals surface area contributed by atoms with Gasteiger partial charge in [-0.2, -0.15) is 5.10 Å². The van der Waals surface area contributed by atoms with Gasteiger partial charge in [0.05, 0.1) is 6.54 Å². The molecule has 68 valence electrons. The molecule has 0 aliphatic carbocycles. The molecule has 0 atom stereocenters. The van der Waals surface area contributed by atoms with Crippen molar-refractivity contribution in [2.24, 2.45) is 0 Å². The fourth-order valence-electron chi connectivity index (χ4n) is 1.17. The maximum absolute atomic E-state index is 5.06. The summed E-state index contributed by atoms with van der Waals surface area (Å²) in [6.45, 7) is 1.70. The van der Waals surface area contributed by atoms with Gasteiger partial charge in [-0.3, -0.25) is 4.68 Å². The topological polar surface area (TPSA) is 38.5 Å². The van der Waals surface area contributed by atoms with Gasteiger partial charge in [-0.25, -0.2) is 0 Å². The highest BCUT2D eigenvalue weighted by Gasteiger charge is 1.93. The smallest absolute Gasteiger partial charge is 0.177 e. The Hall–Kier alpha value is -1.36. The van der Waals surface area contributed by atoms with E-state index >= 15 is 0 Å². The zero-order valence-electron chi connectivity index (χ0n) is 7.05. The summed E-state index contributed by atoms with van der Waals surface area (Å²) >= 11 is 5.06. The van der Waals surface area contributed by atoms with Gasteiger partial charge in [0.1, 0.15) is 0 Å². The monoisotopic (exact) mass is 194 g/mol. The van der Waals surface area contributed by atoms with Crippen LogP contribution in [0.15, 0.2) is 30.9 Å². The molecule has 2 aromatic rings. The quantitative estimate of drug-likeness (QED) is 0.751. The molecular formula is C8H10N4S. The first-order valence-corrected chi connectivity index (χ1v) is 4.48. The van der Waals surface area contributed by atoms with Crippen molar-refractivity contribution < 1.29 is 0 Å². The van der Waals surface area contributed by atoms with Crippen LogP contribution in [0.25, 0.3) is 0 Å². The third-order valence-corrected chi connectivity index (χ3v) is 2.20. The standard InChI is InChI=1S/C8H10N4S/c13-8-9-3-5-11(8)6-7-12-4-1-2-10-12/h1-5H,6-7H2,(H,9,13). The van der Waals surface area contributed by atoms with E-state index in [9.17, 15) is 0 Å². The average Bonchev–Trinajstić information content (AvgIpc) is 2.72. The summed E-state index contributed by atoms with van der Waals surface area (Å²) < 4.78 is 4.62. The van der Waals surface area contributed by atoms with Crippen LogP contribution in [0, 0.1) is 4.77 Å². The largest absolute Gasteiger partial charge is 0.337 e. The zero-order valence-corrected chi connectivity index (χ0v) is 7.87. The van der Waals surface area contributed by atoms with Gasteiger partial charge in [0.25, 0.3) is 0 Å². The summed E-state index contributed by atoms with van der Waals surface area (Å²) in [5, 5.41) is 4.10. The molecule has 0 aromatic carbocycles. The molecule has 4 nitrogen and oxygen atoms in total. The van der Waals surface area contributed by atoms with E-state index in [1.54, 1.807) is 6.20 Å². The van der Waals surface area contributed by atoms with Crippen LogP contribution in [0.1, 0.15) is 0 Å². The average molecular weight is 194 g/mol. The van der Waals surface area contributed by atoms with Crippen LogP contribution in [0.2, 0.25) is 0 Å². The van der Waals surface area contributed by atoms with E-state index < -0.39 is 0 Å². The highest BCUT2D eigenvalue weighted by molar-refractivity contribution is 7.71. The van der Waals surface area contributed by atoms with Crippen LogP contribution in [-0.2, 0) is 13.1 Å². The maximum Gasteiger partial charge on any atom is 0.177 e. The molecule has 1 N–H and O–H groups in total. The highest BCUT2D eigenvalue weighted by Crippen LogP contribution is 1.93. The molecule has 2 rings (SSSR count). The summed E-state index contributed by atoms with van der Waals surface area (Å²) in [6, 6.07) is 1.91. The lowest BCUT2D eigenvalue weighted by molar-refractivity contribution is 0.530. The number of H-pyrrole nitrogens is 1. The Morgan fingerprint density at radius 2 is 2.31 bits per heavy atom. The second kappa shape index (κ2) is 3.57. The molecule has 13 heavy (non-hydrogen) atoms. The number of imidazole rings is 1. The van der Waals surface area contributed by atoms with Crippen molar-refractivity contribution in [1.29, 1.82) is 0 Å². The fourth-order valence-corrected chi connectivity index (χ4v) is 1.39. The molecule has 0 saturated heterocycles. The minimum absolute atomic E-state index is 0.757. The van der Waals surface area contributed by atoms with E-state index in [1.165, 1.54) is 0 Å². The lowest BCUT2D eigenvalue weighted by Crippen LogP contribution is -2.06. The SMILES string of the molecule is S=c1[nH]ccn1CCn1cccn1. The lowest BCUT2D eigenvalue weighted by Gasteiger charge is -2.01. The third-order valence-electron chi connectivity index (χ3n) is 1.85. The molecule has 0 aliphatic rings. The summed E-state index contributed by atoms with van der Waals surface area (Å²) in [7, 11) is 0. The van der Waals surface area contributed by atoms with Gasteiger partial charge in [-0.15, -0.1) is 0 Å². The van der Waals surface area contributed by atoms with Crippen molar-refractivity contribution in [3.8, 4) is 0 Å². The van der Waals surface area contributed by atoms with Crippen molar-refractivity contribution in [2.45, 2.75) is 13.1 Å². The normalized spacial score (nSPS) is 10.5. The van der Waals surface area contributed by atoms with Crippen molar-refractivity contribution in [3.05, 3.63) is 35.6 Å². The number of rotatable bonds is 3. The summed E-state index contributed by atoms with van der Waals surface area (Å²) in [5.41, 5.74) is 0. The van der Waals surface area contributed by atoms with Gasteiger partial charge in [-0.05, 0) is 18.3 Å². The van der Waals surface area contributed by atoms with Crippen molar-refractivity contribution in [1.82, 2.24) is 19.3 Å². The Labute approximate surface area is 80.8 Å². The summed E-state index contributed by atoms with van der Waals surface area (Å²) in [5.74, 6) is 0. The van der Waals surface area contributed by atoms with E-state index in [2.05, 4.69) is 10.1 Å². The molecule has 0 spiro atoms. The number of nitrogens with one attached hydrogen (secondary N) is 1. The predicted molar refractivity (Wildman–Crippen MR) is 51.8 cm³/mol. The minimum atomic E-state index is 0.757. The van der Waals surface area contributed by atoms with E-state index in [4.69, 9.17) is 12.2 Å². The van der Waals surface area contributed by atoms with E-state index in [-0.39, 0.29) is 0 Å². The van der Waals surface area contributed by atoms with Gasteiger partial charge < -0.3 is 9.55 Å². The molecular weight excluding hydrogens is 184 g/mol. The summed E-state index contributed by atoms with van der Waals surface area (Å²) in [6.07, 6.45) is 7.49. The van der Waals surface area contributed by atoms with Crippen LogP contribution in [0.4, 0.5) is 0 Å². The first-order valence-electron chi connectivity index (χ1n) is 4.07. The van der Waals surface area contributed by atoms with Gasteiger partial charge in [-0.1, -0.05) is 0 Å². The van der Waals surface area contributed by atoms with Crippen LogP contribution in [-0.4, -0.2) is 19.3 Å². The Bertz CT molecular complexity index is 411. The number of aromatic nitrogens is 4. The number of hydrogen-bond acceptors (Lipinski definition) is 2. The van der Waals surface area contributed by atoms with Crippen molar-refractivity contribution >= 4 is 12.2 Å². The Morgan fingerprint density at radius 1 is 1.38 bits per heavy atom. The maximum atomic E-state index is 5.06. The Morgan fingerprint density at radius 3 is 2.92 bits per heavy atom. The highest BCUT2D eigenvalue weighted by atomic mass is 32.1. The molecule has 0 fully saturated rings. The molecule has 0 radical (unpaired) electrons. The summed E-state index contributed by atoms with van der Waals surface area (Å²) in [4.78, 5) is 2.95. The van der Waals surface area contributed by atoms with E-state index in [0.29, 0.717) is 0 Å². The van der Waals surface area contributed by atoms with Crippen LogP contribution >= 0.6 is 12.2 Å². The van der Waals surface area contributed by atoms with Crippen molar-refractivity contribution in [3.63, 3.8) is 0 Å². The van der Waals surface area contributed by atoms with Gasteiger partial charge in [0.2, 0.25) is 0 Å². The van der Waals surface area contributed by atoms with E-state index in [0.717, 1.165) is 17.9 Å². The third kappa shape index (κ3) is 1.86. The van der Waals surface area contributed by atoms with Gasteiger partial charge in [0.15, 0.2) is 4.77 Å². The number of hydrogen-bond donors (Lipinski definition) is 1. The van der Waals surface area contributed by atoms with Crippen LogP contribution in [0.5, 0.6) is 0 Å². The molecule has 0 unspecified atom stereocenters. The second-order valence-electron chi connectivity index (χ2n) is 2.73. The first-order chi connectivity index (χ1) is 6.36. The number of aromatic amines is 1. The van der Waals surface area contributed by atoms with Crippen LogP contribution < -0.4 is 0 Å². The molecule has 5 heteroatoms. The van der Waals surface area contributed by atoms with Crippen molar-refractivity contribution in [2.75, 3.05) is 0 Å². The number of nitrogens with zero attached hydrogens (tertiary/aromatic N) is 3. The molecule has 0 saturated carbocycles. The molecule has 2 aromatic heterocycles. The molecule has 0 aliphatic heterocycles. The molecule has 2 heterocycles. The predicted octanol–water partition coefficient (Wildman–Crippen LogP) is 1.44. The zero-order chi connectivity index (χ0) is 9.10. The Kier molecular flexibility index (Phi) is 2.27. The molecule has 0 amide bonds. The second-order valence-corrected chi connectivity index (χ2v) is 3.11. The van der Waals surface area contributed by atoms with Crippen LogP contribution in [0.3, 0.4) is 0 Å². The van der Waals surface area contributed by atoms with E-state index in [1.807, 2.05) is 33.9 Å². The number of aryl methyl sites for hydroxylation is 2. The van der Waals surface area contributed by atoms with Gasteiger partial charge in [0, 0.05) is 31.3 Å². The van der Waals surface area contributed by atoms with Gasteiger partial charge >= 0.3 is 0 Å². The first kappa shape index (κ1) is 8.25. The Balaban J connectivity index is 2.01. The minimum Gasteiger partial charge on any atom is -0.337 e. The molecule has 0 bridgehead atoms. The lowest BCUT2D eigenvalue weighted by atomic mass is 10.6. The fraction of sp³-hybridized carbons (Fsp3) is 0.250.